The van der Waals surface area contributed by atoms with Crippen LogP contribution in [0.1, 0.15) is 17.5 Å². The molecular formula is C17H11ClF6N6O2S. The molecule has 8 nitrogen and oxygen atoms in total. The lowest BCUT2D eigenvalue weighted by Crippen LogP contribution is -2.57. The van der Waals surface area contributed by atoms with Gasteiger partial charge >= 0.3 is 11.7 Å². The molecule has 33 heavy (non-hydrogen) atoms. The van der Waals surface area contributed by atoms with Crippen LogP contribution in [0, 0.1) is 28.1 Å². The summed E-state index contributed by atoms with van der Waals surface area (Å²) in [6.45, 7) is 0. The van der Waals surface area contributed by atoms with Crippen molar-refractivity contribution in [3.8, 4) is 12.1 Å². The number of alkyl halides is 6. The lowest BCUT2D eigenvalue weighted by atomic mass is 9.82. The maximum Gasteiger partial charge on any atom is 0.578 e. The Morgan fingerprint density at radius 2 is 1.91 bits per heavy atom. The fourth-order valence-electron chi connectivity index (χ4n) is 2.99. The van der Waals surface area contributed by atoms with Gasteiger partial charge in [-0.2, -0.15) is 23.7 Å². The Labute approximate surface area is 189 Å². The third-order valence-corrected chi connectivity index (χ3v) is 5.88. The SMILES string of the molecule is CNC(=O)C1(CC#N)N/C(=C(\C(=N)C#N)[S+]([O-])C(F)(F)F)Nc2c(Cl)cc(C(F)(F)F)cc21. The Morgan fingerprint density at radius 1 is 1.30 bits per heavy atom. The largest absolute Gasteiger partial charge is 0.604 e. The van der Waals surface area contributed by atoms with E-state index in [0.717, 1.165) is 13.1 Å². The maximum absolute atomic E-state index is 13.3. The van der Waals surface area contributed by atoms with E-state index in [4.69, 9.17) is 22.3 Å². The molecule has 0 bridgehead atoms. The first-order valence-corrected chi connectivity index (χ1v) is 9.94. The predicted molar refractivity (Wildman–Crippen MR) is 104 cm³/mol. The van der Waals surface area contributed by atoms with E-state index in [1.807, 2.05) is 0 Å². The van der Waals surface area contributed by atoms with Gasteiger partial charge in [0.2, 0.25) is 4.91 Å². The number of halogens is 7. The summed E-state index contributed by atoms with van der Waals surface area (Å²) < 4.78 is 91.7. The molecule has 2 unspecified atom stereocenters. The standard InChI is InChI=1S/C17H11ClF6N6O2S/c1-28-14(31)15(2-3-25)8-4-7(16(19,20)21)5-9(18)11(8)29-13(30-15)12(10(27)6-26)33(32)17(22,23)24/h4-5,27,29-30H,2H2,1H3,(H,28,31)/b13-12+,27-10?. The quantitative estimate of drug-likeness (QED) is 0.277. The van der Waals surface area contributed by atoms with E-state index in [0.29, 0.717) is 12.1 Å². The topological polar surface area (TPSA) is 148 Å². The van der Waals surface area contributed by atoms with Crippen molar-refractivity contribution in [2.24, 2.45) is 0 Å². The fourth-order valence-corrected chi connectivity index (χ4v) is 4.01. The lowest BCUT2D eigenvalue weighted by molar-refractivity contribution is -0.138. The van der Waals surface area contributed by atoms with E-state index in [-0.39, 0.29) is 0 Å². The van der Waals surface area contributed by atoms with Gasteiger partial charge in [0, 0.05) is 12.6 Å². The van der Waals surface area contributed by atoms with Crippen molar-refractivity contribution < 1.29 is 35.7 Å². The molecule has 2 rings (SSSR count). The van der Waals surface area contributed by atoms with Gasteiger partial charge in [-0.05, 0) is 12.1 Å². The molecular weight excluding hydrogens is 502 g/mol. The van der Waals surface area contributed by atoms with Crippen LogP contribution in [0.5, 0.6) is 0 Å². The number of allylic oxidation sites excluding steroid dienone is 1. The van der Waals surface area contributed by atoms with Crippen LogP contribution in [0.15, 0.2) is 22.9 Å². The average molecular weight is 513 g/mol. The number of carbonyl (C=O) groups is 1. The van der Waals surface area contributed by atoms with Gasteiger partial charge in [-0.3, -0.25) is 10.2 Å². The van der Waals surface area contributed by atoms with Gasteiger partial charge < -0.3 is 20.5 Å². The zero-order valence-corrected chi connectivity index (χ0v) is 17.7. The van der Waals surface area contributed by atoms with Crippen molar-refractivity contribution in [1.82, 2.24) is 10.6 Å². The van der Waals surface area contributed by atoms with Gasteiger partial charge in [0.15, 0.2) is 17.1 Å². The first-order valence-electron chi connectivity index (χ1n) is 8.41. The van der Waals surface area contributed by atoms with E-state index in [1.54, 1.807) is 6.07 Å². The number of benzene rings is 1. The van der Waals surface area contributed by atoms with Gasteiger partial charge in [0.25, 0.3) is 5.91 Å². The highest BCUT2D eigenvalue weighted by Crippen LogP contribution is 2.45. The minimum Gasteiger partial charge on any atom is -0.604 e. The van der Waals surface area contributed by atoms with Gasteiger partial charge in [0.1, 0.15) is 17.2 Å². The zero-order valence-electron chi connectivity index (χ0n) is 16.1. The highest BCUT2D eigenvalue weighted by Gasteiger charge is 2.53. The molecule has 1 aromatic rings. The number of fused-ring (bicyclic) bond motifs is 1. The normalized spacial score (nSPS) is 20.2. The van der Waals surface area contributed by atoms with Crippen molar-refractivity contribution in [2.75, 3.05) is 12.4 Å². The van der Waals surface area contributed by atoms with Crippen molar-refractivity contribution in [2.45, 2.75) is 23.6 Å². The van der Waals surface area contributed by atoms with E-state index in [9.17, 15) is 41.0 Å². The number of anilines is 1. The van der Waals surface area contributed by atoms with Crippen LogP contribution in [0.2, 0.25) is 5.02 Å². The van der Waals surface area contributed by atoms with Crippen LogP contribution >= 0.6 is 11.6 Å². The van der Waals surface area contributed by atoms with Gasteiger partial charge in [-0.1, -0.05) is 11.6 Å². The summed E-state index contributed by atoms with van der Waals surface area (Å²) in [6, 6.07) is 3.55. The summed E-state index contributed by atoms with van der Waals surface area (Å²) in [6.07, 6.45) is -5.87. The number of hydrogen-bond acceptors (Lipinski definition) is 7. The molecule has 0 aliphatic carbocycles. The third kappa shape index (κ3) is 4.80. The summed E-state index contributed by atoms with van der Waals surface area (Å²) in [4.78, 5) is 11.3. The molecule has 0 aromatic heterocycles. The van der Waals surface area contributed by atoms with Crippen molar-refractivity contribution in [3.05, 3.63) is 39.0 Å². The van der Waals surface area contributed by atoms with Crippen molar-refractivity contribution >= 4 is 40.1 Å². The van der Waals surface area contributed by atoms with E-state index < -0.39 is 79.0 Å². The number of nitrogens with zero attached hydrogens (tertiary/aromatic N) is 2. The third-order valence-electron chi connectivity index (χ3n) is 4.39. The smallest absolute Gasteiger partial charge is 0.578 e. The lowest BCUT2D eigenvalue weighted by Gasteiger charge is -2.40. The van der Waals surface area contributed by atoms with E-state index >= 15 is 0 Å². The number of likely N-dealkylation sites (N-methyl/N-ethyl adjacent to an activating group) is 1. The molecule has 0 radical (unpaired) electrons. The first kappa shape index (κ1) is 26.1. The van der Waals surface area contributed by atoms with Gasteiger partial charge in [-0.25, -0.2) is 0 Å². The number of hydrogen-bond donors (Lipinski definition) is 4. The minimum absolute atomic E-state index is 0.424. The molecule has 176 valence electrons. The highest BCUT2D eigenvalue weighted by atomic mass is 35.5. The summed E-state index contributed by atoms with van der Waals surface area (Å²) in [5.41, 5.74) is -11.7. The molecule has 1 amide bonds. The first-order chi connectivity index (χ1) is 15.1. The van der Waals surface area contributed by atoms with Crippen LogP contribution in [-0.2, 0) is 27.7 Å². The molecule has 1 heterocycles. The fraction of sp³-hybridized carbons (Fsp3) is 0.294. The number of amides is 1. The molecule has 0 saturated carbocycles. The molecule has 2 atom stereocenters. The maximum atomic E-state index is 13.3. The van der Waals surface area contributed by atoms with Crippen LogP contribution in [0.3, 0.4) is 0 Å². The molecule has 16 heteroatoms. The number of nitriles is 2. The van der Waals surface area contributed by atoms with Crippen LogP contribution < -0.4 is 16.0 Å². The Hall–Kier alpha value is -3.14. The summed E-state index contributed by atoms with van der Waals surface area (Å²) >= 11 is 1.95. The van der Waals surface area contributed by atoms with Crippen LogP contribution in [-0.4, -0.2) is 28.7 Å². The van der Waals surface area contributed by atoms with Gasteiger partial charge in [0.05, 0.1) is 28.8 Å². The van der Waals surface area contributed by atoms with Gasteiger partial charge in [-0.15, -0.1) is 13.2 Å². The van der Waals surface area contributed by atoms with Crippen LogP contribution in [0.4, 0.5) is 32.0 Å². The molecule has 0 spiro atoms. The average Bonchev–Trinajstić information content (AvgIpc) is 2.72. The second kappa shape index (κ2) is 9.01. The molecule has 0 saturated heterocycles. The molecule has 1 aliphatic rings. The van der Waals surface area contributed by atoms with E-state index in [1.165, 1.54) is 0 Å². The Kier molecular flexibility index (Phi) is 7.13. The second-order valence-corrected chi connectivity index (χ2v) is 8.17. The number of nitrogens with one attached hydrogen (secondary N) is 4. The van der Waals surface area contributed by atoms with Crippen molar-refractivity contribution in [3.63, 3.8) is 0 Å². The van der Waals surface area contributed by atoms with E-state index in [2.05, 4.69) is 16.0 Å². The molecule has 1 aromatic carbocycles. The summed E-state index contributed by atoms with van der Waals surface area (Å²) in [5.74, 6) is -2.12. The Balaban J connectivity index is 3.00. The molecule has 1 aliphatic heterocycles. The summed E-state index contributed by atoms with van der Waals surface area (Å²) in [7, 11) is 1.05. The second-order valence-electron chi connectivity index (χ2n) is 6.35. The number of carbonyl (C=O) groups excluding carboxylic acids is 1. The minimum atomic E-state index is -5.45. The Bertz CT molecular complexity index is 1120. The molecule has 4 N–H and O–H groups in total. The predicted octanol–water partition coefficient (Wildman–Crippen LogP) is 3.21. The number of rotatable bonds is 4. The van der Waals surface area contributed by atoms with Crippen LogP contribution in [0.25, 0.3) is 0 Å². The highest BCUT2D eigenvalue weighted by molar-refractivity contribution is 7.97. The summed E-state index contributed by atoms with van der Waals surface area (Å²) in [5, 5.41) is 31.5. The molecule has 0 fully saturated rings. The monoisotopic (exact) mass is 512 g/mol. The zero-order chi connectivity index (χ0) is 25.4. The van der Waals surface area contributed by atoms with Crippen molar-refractivity contribution in [1.29, 1.82) is 15.9 Å². The Morgan fingerprint density at radius 3 is 2.36 bits per heavy atom.